The predicted octanol–water partition coefficient (Wildman–Crippen LogP) is 18.6. The highest BCUT2D eigenvalue weighted by Gasteiger charge is 2.02. The summed E-state index contributed by atoms with van der Waals surface area (Å²) in [5, 5.41) is 0. The van der Waals surface area contributed by atoms with E-state index in [4.69, 9.17) is 0 Å². The van der Waals surface area contributed by atoms with Gasteiger partial charge in [-0.3, -0.25) is 0 Å². The highest BCUT2D eigenvalue weighted by atomic mass is 14.1. The van der Waals surface area contributed by atoms with Crippen molar-refractivity contribution in [1.29, 1.82) is 0 Å². The molecule has 0 aliphatic carbocycles. The molecule has 51 heavy (non-hydrogen) atoms. The van der Waals surface area contributed by atoms with Crippen LogP contribution in [-0.4, -0.2) is 0 Å². The molecule has 0 aromatic heterocycles. The second kappa shape index (κ2) is 40.4. The number of aryl methyl sites for hydroxylation is 2. The lowest BCUT2D eigenvalue weighted by atomic mass is 9.97. The summed E-state index contributed by atoms with van der Waals surface area (Å²) in [6, 6.07) is 7.19. The fourth-order valence-electron chi connectivity index (χ4n) is 8.30. The zero-order valence-corrected chi connectivity index (χ0v) is 35.6. The molecule has 0 saturated carbocycles. The van der Waals surface area contributed by atoms with Crippen molar-refractivity contribution < 1.29 is 0 Å². The Balaban J connectivity index is 1.85. The van der Waals surface area contributed by atoms with Crippen LogP contribution in [0, 0.1) is 6.92 Å². The molecule has 0 saturated heterocycles. The van der Waals surface area contributed by atoms with Crippen LogP contribution in [0.4, 0.5) is 0 Å². The molecule has 299 valence electrons. The Morgan fingerprint density at radius 3 is 0.627 bits per heavy atom. The zero-order valence-electron chi connectivity index (χ0n) is 35.6. The van der Waals surface area contributed by atoms with Crippen LogP contribution in [0.1, 0.15) is 287 Å². The molecule has 0 amide bonds. The molecule has 0 nitrogen and oxygen atoms in total. The lowest BCUT2D eigenvalue weighted by molar-refractivity contribution is 0.521. The van der Waals surface area contributed by atoms with Gasteiger partial charge in [-0.1, -0.05) is 276 Å². The van der Waals surface area contributed by atoms with Crippen LogP contribution >= 0.6 is 0 Å². The Morgan fingerprint density at radius 1 is 0.255 bits per heavy atom. The Hall–Kier alpha value is -0.780. The summed E-state index contributed by atoms with van der Waals surface area (Å²) in [4.78, 5) is 0. The second-order valence-corrected chi connectivity index (χ2v) is 17.1. The minimum atomic E-state index is 1.23. The summed E-state index contributed by atoms with van der Waals surface area (Å²) in [6.07, 6.45) is 60.6. The van der Waals surface area contributed by atoms with Crippen molar-refractivity contribution in [3.63, 3.8) is 0 Å². The minimum Gasteiger partial charge on any atom is -0.0654 e. The van der Waals surface area contributed by atoms with Gasteiger partial charge in [0.15, 0.2) is 0 Å². The smallest absolute Gasteiger partial charge is 0.0238 e. The molecule has 0 fully saturated rings. The molecule has 0 aliphatic heterocycles. The number of rotatable bonds is 42. The standard InChI is InChI=1S/C51H95/c1-4-6-8-10-12-14-16-18-20-22-24-26-28-30-32-34-36-38-40-42-44-50-46-49(3)47-51(48-50)45-43-41-39-37-35-33-31-29-27-25-23-21-19-17-15-13-11-9-7-5-2/h46-48H,3-45H2,1-2H3. The number of hydrogen-bond acceptors (Lipinski definition) is 0. The molecule has 0 heterocycles. The number of hydrogen-bond donors (Lipinski definition) is 0. The molecule has 0 spiro atoms. The van der Waals surface area contributed by atoms with Gasteiger partial charge >= 0.3 is 0 Å². The van der Waals surface area contributed by atoms with E-state index in [2.05, 4.69) is 39.0 Å². The monoisotopic (exact) mass is 708 g/mol. The summed E-state index contributed by atoms with van der Waals surface area (Å²) < 4.78 is 0. The number of benzene rings is 1. The molecule has 0 unspecified atom stereocenters. The molecule has 0 aliphatic rings. The Bertz CT molecular complexity index is 729. The molecule has 1 rings (SSSR count). The van der Waals surface area contributed by atoms with Crippen LogP contribution in [0.2, 0.25) is 0 Å². The maximum Gasteiger partial charge on any atom is -0.0238 e. The van der Waals surface area contributed by atoms with E-state index in [9.17, 15) is 0 Å². The van der Waals surface area contributed by atoms with Gasteiger partial charge < -0.3 is 0 Å². The SMILES string of the molecule is [CH2]c1cc(CCCCCCCCCCCCCCCCCCCCCC)cc(CCCCCCCCCCCCCCCCCCCCCC)c1. The van der Waals surface area contributed by atoms with Gasteiger partial charge in [-0.05, 0) is 49.3 Å². The van der Waals surface area contributed by atoms with Crippen LogP contribution in [0.5, 0.6) is 0 Å². The van der Waals surface area contributed by atoms with Crippen molar-refractivity contribution in [3.8, 4) is 0 Å². The third-order valence-electron chi connectivity index (χ3n) is 11.8. The predicted molar refractivity (Wildman–Crippen MR) is 234 cm³/mol. The quantitative estimate of drug-likeness (QED) is 0.0594. The maximum atomic E-state index is 4.31. The highest BCUT2D eigenvalue weighted by molar-refractivity contribution is 5.32. The van der Waals surface area contributed by atoms with Gasteiger partial charge in [0.25, 0.3) is 0 Å². The summed E-state index contributed by atoms with van der Waals surface area (Å²) in [6.45, 7) is 8.93. The summed E-state index contributed by atoms with van der Waals surface area (Å²) in [7, 11) is 0. The van der Waals surface area contributed by atoms with E-state index in [1.54, 1.807) is 0 Å². The molecule has 0 heteroatoms. The van der Waals surface area contributed by atoms with Crippen LogP contribution in [0.25, 0.3) is 0 Å². The third kappa shape index (κ3) is 36.0. The third-order valence-corrected chi connectivity index (χ3v) is 11.8. The van der Waals surface area contributed by atoms with Crippen LogP contribution < -0.4 is 0 Å². The van der Waals surface area contributed by atoms with E-state index in [0.717, 1.165) is 0 Å². The largest absolute Gasteiger partial charge is 0.0654 e. The zero-order chi connectivity index (χ0) is 36.6. The second-order valence-electron chi connectivity index (χ2n) is 17.1. The molecular formula is C51H95. The average molecular weight is 708 g/mol. The lowest BCUT2D eigenvalue weighted by Gasteiger charge is -2.09. The van der Waals surface area contributed by atoms with Crippen molar-refractivity contribution in [1.82, 2.24) is 0 Å². The summed E-state index contributed by atoms with van der Waals surface area (Å²) in [5.41, 5.74) is 4.30. The Morgan fingerprint density at radius 2 is 0.431 bits per heavy atom. The fraction of sp³-hybridized carbons (Fsp3) is 0.863. The summed E-state index contributed by atoms with van der Waals surface area (Å²) in [5.74, 6) is 0. The Kier molecular flexibility index (Phi) is 38.2. The molecule has 1 radical (unpaired) electrons. The van der Waals surface area contributed by atoms with Crippen molar-refractivity contribution >= 4 is 0 Å². The first-order chi connectivity index (χ1) is 25.3. The van der Waals surface area contributed by atoms with Crippen molar-refractivity contribution in [2.75, 3.05) is 0 Å². The topological polar surface area (TPSA) is 0 Å². The van der Waals surface area contributed by atoms with Crippen molar-refractivity contribution in [3.05, 3.63) is 41.8 Å². The highest BCUT2D eigenvalue weighted by Crippen LogP contribution is 2.19. The molecule has 0 N–H and O–H groups in total. The molecule has 0 bridgehead atoms. The van der Waals surface area contributed by atoms with Gasteiger partial charge in [0, 0.05) is 0 Å². The van der Waals surface area contributed by atoms with Crippen molar-refractivity contribution in [2.24, 2.45) is 0 Å². The first kappa shape index (κ1) is 48.2. The lowest BCUT2D eigenvalue weighted by Crippen LogP contribution is -1.93. The molecule has 1 aromatic rings. The van der Waals surface area contributed by atoms with Crippen LogP contribution in [0.3, 0.4) is 0 Å². The van der Waals surface area contributed by atoms with E-state index in [-0.39, 0.29) is 0 Å². The van der Waals surface area contributed by atoms with Gasteiger partial charge in [-0.15, -0.1) is 0 Å². The van der Waals surface area contributed by atoms with Crippen LogP contribution in [0.15, 0.2) is 18.2 Å². The van der Waals surface area contributed by atoms with Gasteiger partial charge in [0.05, 0.1) is 0 Å². The van der Waals surface area contributed by atoms with Gasteiger partial charge in [-0.2, -0.15) is 0 Å². The fourth-order valence-corrected chi connectivity index (χ4v) is 8.30. The maximum absolute atomic E-state index is 4.31. The van der Waals surface area contributed by atoms with Crippen molar-refractivity contribution in [2.45, 2.75) is 284 Å². The normalized spacial score (nSPS) is 11.6. The number of unbranched alkanes of at least 4 members (excludes halogenated alkanes) is 38. The first-order valence-corrected chi connectivity index (χ1v) is 24.2. The Labute approximate surface area is 324 Å². The first-order valence-electron chi connectivity index (χ1n) is 24.2. The molecule has 1 aromatic carbocycles. The molecule has 0 atom stereocenters. The van der Waals surface area contributed by atoms with Gasteiger partial charge in [-0.25, -0.2) is 0 Å². The molecular weight excluding hydrogens is 613 g/mol. The van der Waals surface area contributed by atoms with E-state index in [1.807, 2.05) is 0 Å². The van der Waals surface area contributed by atoms with E-state index in [0.29, 0.717) is 0 Å². The minimum absolute atomic E-state index is 1.23. The van der Waals surface area contributed by atoms with Crippen LogP contribution in [-0.2, 0) is 12.8 Å². The van der Waals surface area contributed by atoms with E-state index in [1.165, 1.54) is 286 Å². The summed E-state index contributed by atoms with van der Waals surface area (Å²) >= 11 is 0. The van der Waals surface area contributed by atoms with Gasteiger partial charge in [0.2, 0.25) is 0 Å². The average Bonchev–Trinajstić information content (AvgIpc) is 3.13. The van der Waals surface area contributed by atoms with E-state index < -0.39 is 0 Å². The van der Waals surface area contributed by atoms with E-state index >= 15 is 0 Å². The van der Waals surface area contributed by atoms with Gasteiger partial charge in [0.1, 0.15) is 0 Å².